The number of nitrogens with zero attached hydrogens (tertiary/aromatic N) is 2. The number of furan rings is 1. The van der Waals surface area contributed by atoms with Gasteiger partial charge in [-0.3, -0.25) is 0 Å². The Labute approximate surface area is 223 Å². The van der Waals surface area contributed by atoms with E-state index in [4.69, 9.17) is 4.42 Å². The van der Waals surface area contributed by atoms with Crippen LogP contribution in [0.15, 0.2) is 108 Å². The third-order valence-electron chi connectivity index (χ3n) is 8.11. The van der Waals surface area contributed by atoms with Gasteiger partial charge in [-0.25, -0.2) is 4.57 Å². The second-order valence-electron chi connectivity index (χ2n) is 11.1. The molecule has 0 unspecified atom stereocenters. The second-order valence-corrected chi connectivity index (χ2v) is 11.1. The summed E-state index contributed by atoms with van der Waals surface area (Å²) in [6.07, 6.45) is 2.09. The van der Waals surface area contributed by atoms with Gasteiger partial charge in [0.05, 0.1) is 5.56 Å². The summed E-state index contributed by atoms with van der Waals surface area (Å²) in [6.45, 7) is 7.82. The lowest BCUT2D eigenvalue weighted by molar-refractivity contribution is -0.660. The van der Waals surface area contributed by atoms with Crippen LogP contribution in [-0.2, 0) is 12.5 Å². The summed E-state index contributed by atoms with van der Waals surface area (Å²) in [5.41, 5.74) is 11.7. The molecule has 0 aliphatic carbocycles. The number of fused-ring (bicyclic) bond motifs is 4. The molecule has 0 radical (unpaired) electrons. The van der Waals surface area contributed by atoms with Gasteiger partial charge in [0, 0.05) is 51.8 Å². The van der Waals surface area contributed by atoms with Gasteiger partial charge in [0.2, 0.25) is 5.69 Å². The van der Waals surface area contributed by atoms with Crippen molar-refractivity contribution in [3.05, 3.63) is 114 Å². The molecule has 4 aromatic carbocycles. The van der Waals surface area contributed by atoms with Gasteiger partial charge in [0.1, 0.15) is 18.2 Å². The van der Waals surface area contributed by atoms with Crippen molar-refractivity contribution in [2.24, 2.45) is 7.05 Å². The van der Waals surface area contributed by atoms with Gasteiger partial charge < -0.3 is 9.32 Å². The van der Waals surface area contributed by atoms with Crippen LogP contribution in [0, 0.1) is 6.92 Å². The fourth-order valence-electron chi connectivity index (χ4n) is 6.37. The van der Waals surface area contributed by atoms with E-state index in [0.29, 0.717) is 0 Å². The van der Waals surface area contributed by atoms with Crippen molar-refractivity contribution in [2.75, 3.05) is 11.4 Å². The molecule has 186 valence electrons. The standard InChI is InChI=1S/C35H31N2O/c1-23-19-20-28-27-16-10-15-26(33(27)38-34(28)31(23)29-17-8-9-21-36(29)4)25-14-11-18-30-32(25)35(2,3)22-37(30)24-12-6-5-7-13-24/h5-21H,22H2,1-4H3/q+1. The minimum absolute atomic E-state index is 0.0184. The van der Waals surface area contributed by atoms with Crippen molar-refractivity contribution in [1.29, 1.82) is 0 Å². The molecule has 2 aromatic heterocycles. The zero-order valence-electron chi connectivity index (χ0n) is 22.3. The molecule has 6 aromatic rings. The molecule has 0 N–H and O–H groups in total. The molecule has 0 saturated heterocycles. The Morgan fingerprint density at radius 1 is 0.737 bits per heavy atom. The summed E-state index contributed by atoms with van der Waals surface area (Å²) >= 11 is 0. The van der Waals surface area contributed by atoms with E-state index < -0.39 is 0 Å². The highest BCUT2D eigenvalue weighted by Crippen LogP contribution is 2.50. The molecule has 1 aliphatic rings. The number of hydrogen-bond donors (Lipinski definition) is 0. The van der Waals surface area contributed by atoms with Gasteiger partial charge in [0.25, 0.3) is 0 Å². The quantitative estimate of drug-likeness (QED) is 0.229. The Hall–Kier alpha value is -4.37. The monoisotopic (exact) mass is 495 g/mol. The maximum absolute atomic E-state index is 6.87. The highest BCUT2D eigenvalue weighted by Gasteiger charge is 2.38. The van der Waals surface area contributed by atoms with E-state index in [0.717, 1.165) is 45.3 Å². The molecule has 0 amide bonds. The van der Waals surface area contributed by atoms with Crippen molar-refractivity contribution >= 4 is 33.3 Å². The largest absolute Gasteiger partial charge is 0.454 e. The van der Waals surface area contributed by atoms with Crippen molar-refractivity contribution in [1.82, 2.24) is 0 Å². The lowest BCUT2D eigenvalue weighted by Crippen LogP contribution is -2.30. The first-order chi connectivity index (χ1) is 18.4. The first-order valence-electron chi connectivity index (χ1n) is 13.3. The minimum Gasteiger partial charge on any atom is -0.454 e. The van der Waals surface area contributed by atoms with Crippen LogP contribution in [0.1, 0.15) is 25.0 Å². The zero-order chi connectivity index (χ0) is 26.0. The summed E-state index contributed by atoms with van der Waals surface area (Å²) < 4.78 is 9.04. The topological polar surface area (TPSA) is 20.3 Å². The normalized spacial score (nSPS) is 14.4. The Morgan fingerprint density at radius 3 is 2.29 bits per heavy atom. The molecule has 0 saturated carbocycles. The number of aromatic nitrogens is 1. The maximum atomic E-state index is 6.87. The van der Waals surface area contributed by atoms with Crippen LogP contribution in [0.5, 0.6) is 0 Å². The molecule has 0 spiro atoms. The van der Waals surface area contributed by atoms with Crippen molar-refractivity contribution in [3.8, 4) is 22.4 Å². The predicted molar refractivity (Wildman–Crippen MR) is 157 cm³/mol. The van der Waals surface area contributed by atoms with Crippen LogP contribution in [0.25, 0.3) is 44.3 Å². The number of hydrogen-bond acceptors (Lipinski definition) is 2. The lowest BCUT2D eigenvalue weighted by Gasteiger charge is -2.22. The van der Waals surface area contributed by atoms with Crippen molar-refractivity contribution in [3.63, 3.8) is 0 Å². The summed E-state index contributed by atoms with van der Waals surface area (Å²) in [6, 6.07) is 34.8. The first-order valence-corrected chi connectivity index (χ1v) is 13.3. The summed E-state index contributed by atoms with van der Waals surface area (Å²) in [5, 5.41) is 2.31. The van der Waals surface area contributed by atoms with Gasteiger partial charge in [-0.2, -0.15) is 0 Å². The van der Waals surface area contributed by atoms with E-state index in [-0.39, 0.29) is 5.41 Å². The van der Waals surface area contributed by atoms with E-state index in [1.165, 1.54) is 28.1 Å². The third kappa shape index (κ3) is 3.31. The number of para-hydroxylation sites is 2. The highest BCUT2D eigenvalue weighted by molar-refractivity contribution is 6.13. The Bertz CT molecular complexity index is 1850. The minimum atomic E-state index is -0.0184. The summed E-state index contributed by atoms with van der Waals surface area (Å²) in [4.78, 5) is 2.45. The average Bonchev–Trinajstić information content (AvgIpc) is 3.44. The molecule has 3 heterocycles. The average molecular weight is 496 g/mol. The van der Waals surface area contributed by atoms with Crippen LogP contribution < -0.4 is 9.47 Å². The van der Waals surface area contributed by atoms with Crippen LogP contribution in [0.4, 0.5) is 11.4 Å². The Balaban J connectivity index is 1.50. The number of pyridine rings is 1. The third-order valence-corrected chi connectivity index (χ3v) is 8.11. The van der Waals surface area contributed by atoms with Gasteiger partial charge in [0.15, 0.2) is 6.20 Å². The molecule has 7 rings (SSSR count). The van der Waals surface area contributed by atoms with Crippen molar-refractivity contribution in [2.45, 2.75) is 26.2 Å². The van der Waals surface area contributed by atoms with E-state index in [1.54, 1.807) is 0 Å². The molecular formula is C35H31N2O+. The van der Waals surface area contributed by atoms with Gasteiger partial charge in [-0.1, -0.05) is 74.5 Å². The SMILES string of the molecule is Cc1ccc2c(oc3c(-c4cccc5c4C(C)(C)CN5c4ccccc4)cccc32)c1-c1cccc[n+]1C. The number of anilines is 2. The Morgan fingerprint density at radius 2 is 1.47 bits per heavy atom. The van der Waals surface area contributed by atoms with E-state index in [2.05, 4.69) is 141 Å². The van der Waals surface area contributed by atoms with E-state index in [9.17, 15) is 0 Å². The molecule has 3 heteroatoms. The second kappa shape index (κ2) is 8.32. The molecule has 1 aliphatic heterocycles. The molecule has 0 atom stereocenters. The molecule has 0 fully saturated rings. The lowest BCUT2D eigenvalue weighted by atomic mass is 9.81. The number of aryl methyl sites for hydroxylation is 2. The van der Waals surface area contributed by atoms with Gasteiger partial charge in [-0.05, 0) is 47.9 Å². The number of benzene rings is 4. The van der Waals surface area contributed by atoms with Crippen LogP contribution in [0.3, 0.4) is 0 Å². The van der Waals surface area contributed by atoms with Gasteiger partial charge in [-0.15, -0.1) is 0 Å². The van der Waals surface area contributed by atoms with E-state index in [1.807, 2.05) is 0 Å². The van der Waals surface area contributed by atoms with Crippen LogP contribution in [-0.4, -0.2) is 6.54 Å². The fourth-order valence-corrected chi connectivity index (χ4v) is 6.37. The summed E-state index contributed by atoms with van der Waals surface area (Å²) in [5.74, 6) is 0. The smallest absolute Gasteiger partial charge is 0.216 e. The highest BCUT2D eigenvalue weighted by atomic mass is 16.3. The maximum Gasteiger partial charge on any atom is 0.216 e. The molecule has 3 nitrogen and oxygen atoms in total. The molecular weight excluding hydrogens is 464 g/mol. The van der Waals surface area contributed by atoms with Gasteiger partial charge >= 0.3 is 0 Å². The van der Waals surface area contributed by atoms with Crippen LogP contribution >= 0.6 is 0 Å². The Kier molecular flexibility index (Phi) is 4.99. The number of rotatable bonds is 3. The molecule has 0 bridgehead atoms. The van der Waals surface area contributed by atoms with Crippen molar-refractivity contribution < 1.29 is 8.98 Å². The zero-order valence-corrected chi connectivity index (χ0v) is 22.3. The summed E-state index contributed by atoms with van der Waals surface area (Å²) in [7, 11) is 2.09. The molecule has 38 heavy (non-hydrogen) atoms. The fraction of sp³-hybridized carbons (Fsp3) is 0.171. The first kappa shape index (κ1) is 22.8. The van der Waals surface area contributed by atoms with E-state index >= 15 is 0 Å². The predicted octanol–water partition coefficient (Wildman–Crippen LogP) is 8.48. The van der Waals surface area contributed by atoms with Crippen LogP contribution in [0.2, 0.25) is 0 Å².